The highest BCUT2D eigenvalue weighted by Crippen LogP contribution is 2.29. The van der Waals surface area contributed by atoms with Gasteiger partial charge in [-0.05, 0) is 43.5 Å². The van der Waals surface area contributed by atoms with Gasteiger partial charge >= 0.3 is 0 Å². The lowest BCUT2D eigenvalue weighted by atomic mass is 9.88. The van der Waals surface area contributed by atoms with E-state index in [1.54, 1.807) is 32.0 Å². The van der Waals surface area contributed by atoms with Gasteiger partial charge in [0.1, 0.15) is 29.2 Å². The summed E-state index contributed by atoms with van der Waals surface area (Å²) in [5, 5.41) is 7.04. The molecular formula is C23H26FN5O3. The number of rotatable bonds is 5. The second kappa shape index (κ2) is 9.42. The maximum Gasteiger partial charge on any atom is 0.270 e. The van der Waals surface area contributed by atoms with Crippen LogP contribution in [-0.4, -0.2) is 51.6 Å². The molecule has 168 valence electrons. The summed E-state index contributed by atoms with van der Waals surface area (Å²) >= 11 is 0. The zero-order chi connectivity index (χ0) is 22.7. The Morgan fingerprint density at radius 1 is 1.19 bits per heavy atom. The number of hydrogen-bond donors (Lipinski definition) is 1. The number of nitrogens with zero attached hydrogens (tertiary/aromatic N) is 4. The number of hydrogen-bond acceptors (Lipinski definition) is 6. The summed E-state index contributed by atoms with van der Waals surface area (Å²) < 4.78 is 13.0. The molecule has 0 saturated carbocycles. The molecule has 0 spiro atoms. The Hall–Kier alpha value is -3.36. The summed E-state index contributed by atoms with van der Waals surface area (Å²) in [4.78, 5) is 40.4. The molecular weight excluding hydrogens is 413 g/mol. The van der Waals surface area contributed by atoms with Crippen LogP contribution in [0.4, 0.5) is 4.39 Å². The third-order valence-corrected chi connectivity index (χ3v) is 5.94. The van der Waals surface area contributed by atoms with Crippen LogP contribution in [0, 0.1) is 18.7 Å². The van der Waals surface area contributed by atoms with Crippen molar-refractivity contribution >= 4 is 17.5 Å². The summed E-state index contributed by atoms with van der Waals surface area (Å²) in [7, 11) is 0. The van der Waals surface area contributed by atoms with Gasteiger partial charge < -0.3 is 15.1 Å². The Balaban J connectivity index is 1.38. The molecule has 2 amide bonds. The molecule has 3 heterocycles. The van der Waals surface area contributed by atoms with Gasteiger partial charge in [-0.2, -0.15) is 0 Å². The first-order valence-corrected chi connectivity index (χ1v) is 10.8. The summed E-state index contributed by atoms with van der Waals surface area (Å²) in [6.45, 7) is 5.06. The first-order chi connectivity index (χ1) is 15.4. The van der Waals surface area contributed by atoms with Crippen LogP contribution in [0.25, 0.3) is 0 Å². The highest BCUT2D eigenvalue weighted by Gasteiger charge is 2.34. The van der Waals surface area contributed by atoms with Crippen LogP contribution in [0.2, 0.25) is 0 Å². The molecule has 1 fully saturated rings. The fourth-order valence-corrected chi connectivity index (χ4v) is 4.09. The number of aromatic nitrogens is 2. The zero-order valence-corrected chi connectivity index (χ0v) is 18.2. The number of oxime groups is 1. The van der Waals surface area contributed by atoms with E-state index in [1.807, 2.05) is 4.90 Å². The Kier molecular flexibility index (Phi) is 6.43. The number of aryl methyl sites for hydroxylation is 1. The number of nitrogens with one attached hydrogen (secondary N) is 1. The number of halogens is 1. The van der Waals surface area contributed by atoms with E-state index in [1.165, 1.54) is 12.1 Å². The van der Waals surface area contributed by atoms with E-state index in [0.29, 0.717) is 29.6 Å². The first-order valence-electron chi connectivity index (χ1n) is 10.8. The van der Waals surface area contributed by atoms with Crippen molar-refractivity contribution in [2.45, 2.75) is 45.8 Å². The summed E-state index contributed by atoms with van der Waals surface area (Å²) in [5.41, 5.74) is 2.31. The van der Waals surface area contributed by atoms with Gasteiger partial charge in [0, 0.05) is 38.9 Å². The molecule has 0 aliphatic carbocycles. The Morgan fingerprint density at radius 3 is 2.59 bits per heavy atom. The first kappa shape index (κ1) is 21.9. The van der Waals surface area contributed by atoms with Crippen LogP contribution in [0.1, 0.15) is 53.8 Å². The number of piperidine rings is 1. The van der Waals surface area contributed by atoms with Crippen molar-refractivity contribution in [3.8, 4) is 0 Å². The molecule has 1 atom stereocenters. The van der Waals surface area contributed by atoms with Crippen molar-refractivity contribution in [1.29, 1.82) is 0 Å². The summed E-state index contributed by atoms with van der Waals surface area (Å²) in [5.74, 6) is 0.241. The number of carbonyl (C=O) groups excluding carboxylic acids is 2. The summed E-state index contributed by atoms with van der Waals surface area (Å²) in [6, 6.07) is 7.58. The van der Waals surface area contributed by atoms with Gasteiger partial charge in [0.2, 0.25) is 5.91 Å². The third-order valence-electron chi connectivity index (χ3n) is 5.94. The van der Waals surface area contributed by atoms with Gasteiger partial charge in [-0.25, -0.2) is 14.4 Å². The van der Waals surface area contributed by atoms with Gasteiger partial charge in [-0.1, -0.05) is 17.3 Å². The quantitative estimate of drug-likeness (QED) is 0.773. The number of carbonyl (C=O) groups is 2. The lowest BCUT2D eigenvalue weighted by Gasteiger charge is -2.33. The van der Waals surface area contributed by atoms with E-state index < -0.39 is 0 Å². The van der Waals surface area contributed by atoms with Crippen molar-refractivity contribution in [1.82, 2.24) is 20.2 Å². The molecule has 0 bridgehead atoms. The van der Waals surface area contributed by atoms with Gasteiger partial charge in [0.15, 0.2) is 0 Å². The average Bonchev–Trinajstić information content (AvgIpc) is 3.28. The Bertz CT molecular complexity index is 1030. The minimum atomic E-state index is -0.339. The minimum Gasteiger partial charge on any atom is -0.391 e. The van der Waals surface area contributed by atoms with Gasteiger partial charge in [0.05, 0.1) is 5.69 Å². The fourth-order valence-electron chi connectivity index (χ4n) is 4.09. The molecule has 32 heavy (non-hydrogen) atoms. The highest BCUT2D eigenvalue weighted by atomic mass is 19.1. The zero-order valence-electron chi connectivity index (χ0n) is 18.2. The normalized spacial score (nSPS) is 18.8. The molecule has 1 aromatic carbocycles. The van der Waals surface area contributed by atoms with Crippen molar-refractivity contribution in [3.05, 3.63) is 58.9 Å². The fraction of sp³-hybridized carbons (Fsp3) is 0.435. The second-order valence-electron chi connectivity index (χ2n) is 8.22. The smallest absolute Gasteiger partial charge is 0.270 e. The van der Waals surface area contributed by atoms with Crippen LogP contribution in [0.3, 0.4) is 0 Å². The predicted molar refractivity (Wildman–Crippen MR) is 115 cm³/mol. The Morgan fingerprint density at radius 2 is 1.91 bits per heavy atom. The maximum atomic E-state index is 13.0. The SMILES string of the molecule is CC(=O)N1CCC(C2CC(c3cc(C(=O)NCc4ccc(F)cc4)nc(C)n3)=NO2)CC1. The van der Waals surface area contributed by atoms with Crippen LogP contribution in [0.5, 0.6) is 0 Å². The molecule has 2 aliphatic heterocycles. The highest BCUT2D eigenvalue weighted by molar-refractivity contribution is 6.01. The molecule has 1 saturated heterocycles. The second-order valence-corrected chi connectivity index (χ2v) is 8.22. The van der Waals surface area contributed by atoms with Crippen LogP contribution in [-0.2, 0) is 16.2 Å². The van der Waals surface area contributed by atoms with Crippen molar-refractivity contribution in [2.24, 2.45) is 11.1 Å². The molecule has 1 aromatic heterocycles. The molecule has 4 rings (SSSR count). The van der Waals surface area contributed by atoms with Gasteiger partial charge in [-0.15, -0.1) is 0 Å². The van der Waals surface area contributed by atoms with E-state index in [4.69, 9.17) is 4.84 Å². The Labute approximate surface area is 185 Å². The number of benzene rings is 1. The van der Waals surface area contributed by atoms with Crippen molar-refractivity contribution in [2.75, 3.05) is 13.1 Å². The topological polar surface area (TPSA) is 96.8 Å². The predicted octanol–water partition coefficient (Wildman–Crippen LogP) is 2.61. The van der Waals surface area contributed by atoms with E-state index in [9.17, 15) is 14.0 Å². The van der Waals surface area contributed by atoms with E-state index in [-0.39, 0.29) is 36.0 Å². The average molecular weight is 439 g/mol. The van der Waals surface area contributed by atoms with Crippen LogP contribution in [0.15, 0.2) is 35.5 Å². The lowest BCUT2D eigenvalue weighted by Crippen LogP contribution is -2.40. The summed E-state index contributed by atoms with van der Waals surface area (Å²) in [6.07, 6.45) is 2.32. The maximum absolute atomic E-state index is 13.0. The largest absolute Gasteiger partial charge is 0.391 e. The third kappa shape index (κ3) is 5.09. The molecule has 2 aromatic rings. The minimum absolute atomic E-state index is 0.0508. The lowest BCUT2D eigenvalue weighted by molar-refractivity contribution is -0.130. The molecule has 8 nitrogen and oxygen atoms in total. The van der Waals surface area contributed by atoms with E-state index in [2.05, 4.69) is 20.4 Å². The molecule has 9 heteroatoms. The van der Waals surface area contributed by atoms with Gasteiger partial charge in [-0.3, -0.25) is 9.59 Å². The van der Waals surface area contributed by atoms with E-state index >= 15 is 0 Å². The molecule has 1 N–H and O–H groups in total. The van der Waals surface area contributed by atoms with E-state index in [0.717, 1.165) is 31.5 Å². The number of likely N-dealkylation sites (tertiary alicyclic amines) is 1. The van der Waals surface area contributed by atoms with Crippen molar-refractivity contribution in [3.63, 3.8) is 0 Å². The van der Waals surface area contributed by atoms with Gasteiger partial charge in [0.25, 0.3) is 5.91 Å². The molecule has 2 aliphatic rings. The van der Waals surface area contributed by atoms with Crippen LogP contribution >= 0.6 is 0 Å². The monoisotopic (exact) mass is 439 g/mol. The molecule has 0 radical (unpaired) electrons. The van der Waals surface area contributed by atoms with Crippen LogP contribution < -0.4 is 5.32 Å². The number of amides is 2. The standard InChI is InChI=1S/C23H26FN5O3/c1-14-26-19(11-21(27-14)23(31)25-13-16-3-5-18(24)6-4-16)20-12-22(32-28-20)17-7-9-29(10-8-17)15(2)30/h3-6,11,17,22H,7-10,12-13H2,1-2H3,(H,25,31). The van der Waals surface area contributed by atoms with Crippen molar-refractivity contribution < 1.29 is 18.8 Å². The molecule has 1 unspecified atom stereocenters.